The fourth-order valence-corrected chi connectivity index (χ4v) is 7.47. The van der Waals surface area contributed by atoms with Gasteiger partial charge in [-0.05, 0) is 53.5 Å². The van der Waals surface area contributed by atoms with E-state index < -0.39 is 0 Å². The average molecular weight is 725 g/mol. The van der Waals surface area contributed by atoms with Gasteiger partial charge in [-0.2, -0.15) is 0 Å². The molecular weight excluding hydrogens is 685 g/mol. The average Bonchev–Trinajstić information content (AvgIpc) is 3.77. The van der Waals surface area contributed by atoms with E-state index in [0.29, 0.717) is 30.0 Å². The molecule has 8 aromatic rings. The van der Waals surface area contributed by atoms with E-state index in [1.54, 1.807) is 0 Å². The number of para-hydroxylation sites is 2. The Hall–Kier alpha value is -7.44. The minimum absolute atomic E-state index is 0.609. The third-order valence-electron chi connectivity index (χ3n) is 10.2. The van der Waals surface area contributed by atoms with E-state index in [9.17, 15) is 0 Å². The number of benzene rings is 6. The van der Waals surface area contributed by atoms with Crippen molar-refractivity contribution in [3.63, 3.8) is 0 Å². The maximum atomic E-state index is 7.16. The molecule has 9 rings (SSSR count). The maximum absolute atomic E-state index is 7.16. The first kappa shape index (κ1) is 34.3. The van der Waals surface area contributed by atoms with Gasteiger partial charge >= 0.3 is 0 Å². The van der Waals surface area contributed by atoms with Crippen LogP contribution in [0.1, 0.15) is 16.7 Å². The molecule has 0 atom stereocenters. The smallest absolute Gasteiger partial charge is 0.163 e. The van der Waals surface area contributed by atoms with E-state index in [-0.39, 0.29) is 0 Å². The number of rotatable bonds is 9. The Kier molecular flexibility index (Phi) is 9.27. The third kappa shape index (κ3) is 6.76. The molecule has 0 spiro atoms. The molecule has 0 saturated carbocycles. The highest BCUT2D eigenvalue weighted by Gasteiger charge is 2.29. The molecule has 270 valence electrons. The quantitative estimate of drug-likeness (QED) is 0.145. The van der Waals surface area contributed by atoms with Crippen molar-refractivity contribution in [2.45, 2.75) is 12.8 Å². The van der Waals surface area contributed by atoms with Gasteiger partial charge in [0.1, 0.15) is 5.84 Å². The molecule has 56 heavy (non-hydrogen) atoms. The number of hydrogen-bond acceptors (Lipinski definition) is 4. The molecule has 4 N–H and O–H groups in total. The lowest BCUT2D eigenvalue weighted by atomic mass is 10.1. The van der Waals surface area contributed by atoms with Crippen molar-refractivity contribution in [1.82, 2.24) is 9.55 Å². The minimum atomic E-state index is 0.609. The zero-order valence-electron chi connectivity index (χ0n) is 30.8. The van der Waals surface area contributed by atoms with Gasteiger partial charge in [-0.1, -0.05) is 164 Å². The van der Waals surface area contributed by atoms with Crippen molar-refractivity contribution < 1.29 is 0 Å². The van der Waals surface area contributed by atoms with Crippen LogP contribution in [0.15, 0.2) is 205 Å². The van der Waals surface area contributed by atoms with Crippen molar-refractivity contribution in [2.24, 2.45) is 10.7 Å². The van der Waals surface area contributed by atoms with Gasteiger partial charge in [0, 0.05) is 34.3 Å². The topological polar surface area (TPSA) is 85.5 Å². The van der Waals surface area contributed by atoms with Gasteiger partial charge in [-0.25, -0.2) is 9.98 Å². The standard InChI is InChI=1S/C50H40N6/c51-43(36-19-7-2-8-20-36)32-40(30-29-35-17-5-1-6-18-35)55-46-27-15-13-25-39(46)31-48(55)54-50-49(52)42-26-14-16-28-47(42)56(50)41-33-44(37-21-9-3-10-22-37)53-45(34-41)38-23-11-4-12-24-38/h1-28,30,32-34H,29,31,51-52H2/b40-30+,43-32-,54-48+. The number of nitrogens with two attached hydrogens (primary N) is 2. The van der Waals surface area contributed by atoms with Gasteiger partial charge in [0.25, 0.3) is 0 Å². The first-order valence-electron chi connectivity index (χ1n) is 18.9. The molecular formula is C50H40N6. The van der Waals surface area contributed by atoms with Gasteiger partial charge in [0.2, 0.25) is 0 Å². The summed E-state index contributed by atoms with van der Waals surface area (Å²) in [7, 11) is 0. The van der Waals surface area contributed by atoms with Crippen molar-refractivity contribution in [2.75, 3.05) is 10.6 Å². The number of anilines is 2. The van der Waals surface area contributed by atoms with Crippen LogP contribution < -0.4 is 16.4 Å². The highest BCUT2D eigenvalue weighted by Crippen LogP contribution is 2.42. The SMILES string of the molecule is N/C(=C\C(=C/Cc1ccccc1)N1/C(=N/c2c(N)c3ccccc3n2-c2cc(-c3ccccc3)nc(-c3ccccc3)c2)Cc2ccccc21)c1ccccc1. The van der Waals surface area contributed by atoms with Gasteiger partial charge in [0.15, 0.2) is 5.82 Å². The van der Waals surface area contributed by atoms with E-state index >= 15 is 0 Å². The van der Waals surface area contributed by atoms with Gasteiger partial charge < -0.3 is 11.5 Å². The van der Waals surface area contributed by atoms with Crippen molar-refractivity contribution in [1.29, 1.82) is 0 Å². The van der Waals surface area contributed by atoms with E-state index in [1.807, 2.05) is 84.9 Å². The Balaban J connectivity index is 1.26. The number of nitrogens with zero attached hydrogens (tertiary/aromatic N) is 4. The van der Waals surface area contributed by atoms with E-state index in [4.69, 9.17) is 21.4 Å². The summed E-state index contributed by atoms with van der Waals surface area (Å²) in [5, 5.41) is 0.932. The number of hydrogen-bond donors (Lipinski definition) is 2. The molecule has 0 fully saturated rings. The van der Waals surface area contributed by atoms with Crippen molar-refractivity contribution in [3.8, 4) is 28.2 Å². The number of amidine groups is 1. The van der Waals surface area contributed by atoms with Crippen LogP contribution in [0.5, 0.6) is 0 Å². The van der Waals surface area contributed by atoms with E-state index in [2.05, 4.69) is 119 Å². The highest BCUT2D eigenvalue weighted by atomic mass is 15.2. The second-order valence-corrected chi connectivity index (χ2v) is 13.9. The van der Waals surface area contributed by atoms with Crippen LogP contribution in [-0.2, 0) is 12.8 Å². The van der Waals surface area contributed by atoms with Crippen LogP contribution in [0.4, 0.5) is 17.2 Å². The van der Waals surface area contributed by atoms with E-state index in [0.717, 1.165) is 61.9 Å². The van der Waals surface area contributed by atoms with Crippen LogP contribution >= 0.6 is 0 Å². The van der Waals surface area contributed by atoms with Crippen LogP contribution in [0.3, 0.4) is 0 Å². The molecule has 6 heteroatoms. The zero-order chi connectivity index (χ0) is 37.8. The lowest BCUT2D eigenvalue weighted by molar-refractivity contribution is 1.09. The van der Waals surface area contributed by atoms with Crippen LogP contribution in [0, 0.1) is 0 Å². The van der Waals surface area contributed by atoms with Gasteiger partial charge in [-0.15, -0.1) is 0 Å². The van der Waals surface area contributed by atoms with Gasteiger partial charge in [0.05, 0.1) is 34.0 Å². The Morgan fingerprint density at radius 2 is 1.23 bits per heavy atom. The summed E-state index contributed by atoms with van der Waals surface area (Å²) in [6.07, 6.45) is 5.63. The normalized spacial score (nSPS) is 13.7. The minimum Gasteiger partial charge on any atom is -0.398 e. The summed E-state index contributed by atoms with van der Waals surface area (Å²) in [5.41, 5.74) is 26.3. The molecule has 6 aromatic carbocycles. The molecule has 0 aliphatic carbocycles. The summed E-state index contributed by atoms with van der Waals surface area (Å²) < 4.78 is 2.18. The van der Waals surface area contributed by atoms with Crippen LogP contribution in [0.25, 0.3) is 44.8 Å². The predicted molar refractivity (Wildman–Crippen MR) is 233 cm³/mol. The molecule has 6 nitrogen and oxygen atoms in total. The Morgan fingerprint density at radius 1 is 0.661 bits per heavy atom. The first-order valence-corrected chi connectivity index (χ1v) is 18.9. The van der Waals surface area contributed by atoms with Gasteiger partial charge in [-0.3, -0.25) is 9.47 Å². The molecule has 0 unspecified atom stereocenters. The summed E-state index contributed by atoms with van der Waals surface area (Å²) in [6.45, 7) is 0. The number of allylic oxidation sites excluding steroid dienone is 2. The van der Waals surface area contributed by atoms with Crippen LogP contribution in [0.2, 0.25) is 0 Å². The zero-order valence-corrected chi connectivity index (χ0v) is 30.8. The Labute approximate surface area is 327 Å². The number of fused-ring (bicyclic) bond motifs is 2. The number of pyridine rings is 1. The van der Waals surface area contributed by atoms with E-state index in [1.165, 1.54) is 11.1 Å². The molecule has 1 aliphatic rings. The molecule has 3 heterocycles. The summed E-state index contributed by atoms with van der Waals surface area (Å²) in [4.78, 5) is 13.0. The molecule has 0 bridgehead atoms. The Morgan fingerprint density at radius 3 is 1.91 bits per heavy atom. The lowest BCUT2D eigenvalue weighted by Crippen LogP contribution is -2.26. The molecule has 1 aliphatic heterocycles. The van der Waals surface area contributed by atoms with Crippen LogP contribution in [-0.4, -0.2) is 15.4 Å². The second-order valence-electron chi connectivity index (χ2n) is 13.9. The fraction of sp³-hybridized carbons (Fsp3) is 0.0400. The monoisotopic (exact) mass is 724 g/mol. The number of aromatic nitrogens is 2. The van der Waals surface area contributed by atoms with Crippen molar-refractivity contribution >= 4 is 39.6 Å². The summed E-state index contributed by atoms with van der Waals surface area (Å²) in [5.74, 6) is 1.50. The number of nitrogen functional groups attached to an aromatic ring is 1. The highest BCUT2D eigenvalue weighted by molar-refractivity contribution is 6.11. The third-order valence-corrected chi connectivity index (χ3v) is 10.2. The summed E-state index contributed by atoms with van der Waals surface area (Å²) in [6, 6.07) is 62.2. The Bertz CT molecular complexity index is 2690. The predicted octanol–water partition coefficient (Wildman–Crippen LogP) is 11.2. The first-order chi connectivity index (χ1) is 27.6. The second kappa shape index (κ2) is 15.1. The molecule has 2 aromatic heterocycles. The molecule has 0 amide bonds. The summed E-state index contributed by atoms with van der Waals surface area (Å²) >= 11 is 0. The lowest BCUT2D eigenvalue weighted by Gasteiger charge is -2.23. The number of aliphatic imine (C=N–C) groups is 1. The maximum Gasteiger partial charge on any atom is 0.163 e. The largest absolute Gasteiger partial charge is 0.398 e. The molecule has 0 saturated heterocycles. The molecule has 0 radical (unpaired) electrons. The van der Waals surface area contributed by atoms with Crippen molar-refractivity contribution in [3.05, 3.63) is 217 Å². The fourth-order valence-electron chi connectivity index (χ4n) is 7.47.